The molecular weight excluding hydrogens is 236 g/mol. The van der Waals surface area contributed by atoms with E-state index in [1.807, 2.05) is 0 Å². The van der Waals surface area contributed by atoms with Crippen LogP contribution in [0.25, 0.3) is 0 Å². The van der Waals surface area contributed by atoms with Gasteiger partial charge in [0, 0.05) is 12.5 Å². The van der Waals surface area contributed by atoms with Gasteiger partial charge in [0.1, 0.15) is 5.60 Å². The van der Waals surface area contributed by atoms with Crippen LogP contribution in [0.3, 0.4) is 0 Å². The molecule has 0 spiro atoms. The van der Waals surface area contributed by atoms with E-state index < -0.39 is 17.7 Å². The number of rotatable bonds is 4. The predicted molar refractivity (Wildman–Crippen MR) is 66.0 cm³/mol. The minimum atomic E-state index is -0.575. The van der Waals surface area contributed by atoms with E-state index in [2.05, 4.69) is 10.6 Å². The molecule has 0 aromatic rings. The molecular formula is C12H22N2O4. The van der Waals surface area contributed by atoms with Crippen LogP contribution in [0, 0.1) is 5.92 Å². The van der Waals surface area contributed by atoms with Crippen molar-refractivity contribution in [2.75, 3.05) is 13.2 Å². The van der Waals surface area contributed by atoms with E-state index in [1.54, 1.807) is 20.8 Å². The third kappa shape index (κ3) is 4.91. The zero-order valence-corrected chi connectivity index (χ0v) is 11.2. The molecule has 1 heterocycles. The molecule has 0 saturated carbocycles. The second-order valence-electron chi connectivity index (χ2n) is 5.54. The summed E-state index contributed by atoms with van der Waals surface area (Å²) in [4.78, 5) is 22.9. The first-order valence-electron chi connectivity index (χ1n) is 6.20. The predicted octanol–water partition coefficient (Wildman–Crippen LogP) is 0.398. The average Bonchev–Trinajstić information content (AvgIpc) is 2.60. The fraction of sp³-hybridized carbons (Fsp3) is 0.833. The molecule has 1 aliphatic heterocycles. The maximum Gasteiger partial charge on any atom is 0.407 e. The molecule has 18 heavy (non-hydrogen) atoms. The number of carbonyl (C=O) groups is 2. The zero-order valence-electron chi connectivity index (χ0n) is 11.2. The lowest BCUT2D eigenvalue weighted by molar-refractivity contribution is -0.122. The lowest BCUT2D eigenvalue weighted by Crippen LogP contribution is -2.42. The molecule has 0 bridgehead atoms. The molecule has 3 N–H and O–H groups in total. The summed E-state index contributed by atoms with van der Waals surface area (Å²) in [7, 11) is 0. The molecule has 1 fully saturated rings. The van der Waals surface area contributed by atoms with E-state index in [9.17, 15) is 14.7 Å². The highest BCUT2D eigenvalue weighted by Gasteiger charge is 2.28. The van der Waals surface area contributed by atoms with Crippen LogP contribution in [0.5, 0.6) is 0 Å². The first kappa shape index (κ1) is 14.8. The molecule has 6 heteroatoms. The number of aliphatic hydroxyl groups is 1. The van der Waals surface area contributed by atoms with E-state index in [0.29, 0.717) is 13.0 Å². The van der Waals surface area contributed by atoms with Crippen LogP contribution >= 0.6 is 0 Å². The van der Waals surface area contributed by atoms with Crippen molar-refractivity contribution in [2.24, 2.45) is 5.92 Å². The molecule has 0 aromatic carbocycles. The summed E-state index contributed by atoms with van der Waals surface area (Å²) in [5.74, 6) is -0.156. The van der Waals surface area contributed by atoms with E-state index in [4.69, 9.17) is 4.74 Å². The Morgan fingerprint density at radius 2 is 2.28 bits per heavy atom. The van der Waals surface area contributed by atoms with Gasteiger partial charge in [-0.1, -0.05) is 0 Å². The van der Waals surface area contributed by atoms with E-state index in [-0.39, 0.29) is 18.4 Å². The topological polar surface area (TPSA) is 87.7 Å². The molecule has 0 aliphatic carbocycles. The third-order valence-electron chi connectivity index (χ3n) is 2.67. The highest BCUT2D eigenvalue weighted by atomic mass is 16.6. The Morgan fingerprint density at radius 3 is 2.72 bits per heavy atom. The molecule has 2 unspecified atom stereocenters. The first-order chi connectivity index (χ1) is 8.31. The van der Waals surface area contributed by atoms with Crippen LogP contribution in [-0.4, -0.2) is 41.9 Å². The van der Waals surface area contributed by atoms with E-state index >= 15 is 0 Å². The van der Waals surface area contributed by atoms with Gasteiger partial charge in [0.15, 0.2) is 0 Å². The van der Waals surface area contributed by atoms with Crippen molar-refractivity contribution in [2.45, 2.75) is 45.3 Å². The Balaban J connectivity index is 2.42. The standard InChI is InChI=1S/C12H22N2O4/c1-12(2,3)18-11(17)14-9(7-15)6-8-4-5-13-10(8)16/h8-9,15H,4-7H2,1-3H3,(H,13,16)(H,14,17). The number of carbonyl (C=O) groups excluding carboxylic acids is 2. The van der Waals surface area contributed by atoms with Crippen LogP contribution in [0.4, 0.5) is 4.79 Å². The molecule has 0 radical (unpaired) electrons. The second-order valence-corrected chi connectivity index (χ2v) is 5.54. The quantitative estimate of drug-likeness (QED) is 0.681. The summed E-state index contributed by atoms with van der Waals surface area (Å²) in [5, 5.41) is 14.5. The summed E-state index contributed by atoms with van der Waals surface area (Å²) in [6.45, 7) is 5.76. The normalized spacial score (nSPS) is 21.3. The number of aliphatic hydroxyl groups excluding tert-OH is 1. The molecule has 2 amide bonds. The van der Waals surface area contributed by atoms with Gasteiger partial charge in [-0.3, -0.25) is 4.79 Å². The monoisotopic (exact) mass is 258 g/mol. The van der Waals surface area contributed by atoms with Gasteiger partial charge >= 0.3 is 6.09 Å². The summed E-state index contributed by atoms with van der Waals surface area (Å²) < 4.78 is 5.10. The maximum atomic E-state index is 11.5. The Kier molecular flexibility index (Phi) is 4.95. The van der Waals surface area contributed by atoms with Crippen molar-refractivity contribution in [3.63, 3.8) is 0 Å². The van der Waals surface area contributed by atoms with Gasteiger partial charge in [-0.25, -0.2) is 4.79 Å². The van der Waals surface area contributed by atoms with Gasteiger partial charge < -0.3 is 20.5 Å². The second kappa shape index (κ2) is 6.04. The fourth-order valence-corrected chi connectivity index (χ4v) is 1.87. The van der Waals surface area contributed by atoms with Crippen molar-refractivity contribution in [1.29, 1.82) is 0 Å². The van der Waals surface area contributed by atoms with Gasteiger partial charge in [0.05, 0.1) is 12.6 Å². The van der Waals surface area contributed by atoms with E-state index in [0.717, 1.165) is 6.42 Å². The van der Waals surface area contributed by atoms with Crippen LogP contribution in [0.2, 0.25) is 0 Å². The van der Waals surface area contributed by atoms with Crippen molar-refractivity contribution in [1.82, 2.24) is 10.6 Å². The Bertz CT molecular complexity index is 312. The van der Waals surface area contributed by atoms with Gasteiger partial charge in [-0.2, -0.15) is 0 Å². The maximum absolute atomic E-state index is 11.5. The number of hydrogen-bond donors (Lipinski definition) is 3. The Morgan fingerprint density at radius 1 is 1.61 bits per heavy atom. The fourth-order valence-electron chi connectivity index (χ4n) is 1.87. The largest absolute Gasteiger partial charge is 0.444 e. The number of alkyl carbamates (subject to hydrolysis) is 1. The van der Waals surface area contributed by atoms with Gasteiger partial charge in [0.2, 0.25) is 5.91 Å². The molecule has 1 aliphatic rings. The molecule has 104 valence electrons. The molecule has 0 aromatic heterocycles. The number of amides is 2. The number of nitrogens with one attached hydrogen (secondary N) is 2. The van der Waals surface area contributed by atoms with Crippen molar-refractivity contribution in [3.05, 3.63) is 0 Å². The summed E-state index contributed by atoms with van der Waals surface area (Å²) >= 11 is 0. The molecule has 1 rings (SSSR count). The van der Waals surface area contributed by atoms with Crippen LogP contribution in [0.15, 0.2) is 0 Å². The SMILES string of the molecule is CC(C)(C)OC(=O)NC(CO)CC1CCNC1=O. The van der Waals surface area contributed by atoms with Gasteiger partial charge in [-0.15, -0.1) is 0 Å². The van der Waals surface area contributed by atoms with Crippen LogP contribution in [-0.2, 0) is 9.53 Å². The number of ether oxygens (including phenoxy) is 1. The lowest BCUT2D eigenvalue weighted by atomic mass is 9.99. The Hall–Kier alpha value is -1.30. The third-order valence-corrected chi connectivity index (χ3v) is 2.67. The van der Waals surface area contributed by atoms with Crippen molar-refractivity contribution >= 4 is 12.0 Å². The van der Waals surface area contributed by atoms with Crippen LogP contribution in [0.1, 0.15) is 33.6 Å². The van der Waals surface area contributed by atoms with Gasteiger partial charge in [0.25, 0.3) is 0 Å². The van der Waals surface area contributed by atoms with E-state index in [1.165, 1.54) is 0 Å². The zero-order chi connectivity index (χ0) is 13.8. The highest BCUT2D eigenvalue weighted by molar-refractivity contribution is 5.80. The molecule has 6 nitrogen and oxygen atoms in total. The minimum absolute atomic E-state index is 0.0144. The van der Waals surface area contributed by atoms with Crippen molar-refractivity contribution < 1.29 is 19.4 Å². The Labute approximate surface area is 107 Å². The smallest absolute Gasteiger partial charge is 0.407 e. The van der Waals surface area contributed by atoms with Gasteiger partial charge in [-0.05, 0) is 33.6 Å². The average molecular weight is 258 g/mol. The first-order valence-corrected chi connectivity index (χ1v) is 6.20. The van der Waals surface area contributed by atoms with Crippen LogP contribution < -0.4 is 10.6 Å². The highest BCUT2D eigenvalue weighted by Crippen LogP contribution is 2.16. The summed E-state index contributed by atoms with van der Waals surface area (Å²) in [6, 6.07) is -0.450. The summed E-state index contributed by atoms with van der Waals surface area (Å²) in [5.41, 5.74) is -0.575. The minimum Gasteiger partial charge on any atom is -0.444 e. The van der Waals surface area contributed by atoms with Crippen molar-refractivity contribution in [3.8, 4) is 0 Å². The molecule has 1 saturated heterocycles. The summed E-state index contributed by atoms with van der Waals surface area (Å²) in [6.07, 6.45) is 0.604. The number of hydrogen-bond acceptors (Lipinski definition) is 4. The lowest BCUT2D eigenvalue weighted by Gasteiger charge is -2.23. The molecule has 2 atom stereocenters.